The number of phosphoric ester groups is 1. The van der Waals surface area contributed by atoms with Gasteiger partial charge in [-0.15, -0.1) is 0 Å². The Hall–Kier alpha value is -0.680. The number of rotatable bonds is 9. The molecule has 0 aliphatic carbocycles. The van der Waals surface area contributed by atoms with Gasteiger partial charge in [0.05, 0.1) is 6.61 Å². The summed E-state index contributed by atoms with van der Waals surface area (Å²) in [6.45, 7) is 5.22. The van der Waals surface area contributed by atoms with Crippen LogP contribution >= 0.6 is 7.82 Å². The minimum atomic E-state index is -4.30. The predicted molar refractivity (Wildman–Crippen MR) is 57.3 cm³/mol. The monoisotopic (exact) mass is 252 g/mol. The van der Waals surface area contributed by atoms with Crippen molar-refractivity contribution in [2.45, 2.75) is 32.6 Å². The highest BCUT2D eigenvalue weighted by molar-refractivity contribution is 7.47. The van der Waals surface area contributed by atoms with Gasteiger partial charge in [0.15, 0.2) is 0 Å². The summed E-state index contributed by atoms with van der Waals surface area (Å²) in [6.07, 6.45) is 4.46. The van der Waals surface area contributed by atoms with Crippen molar-refractivity contribution in [1.29, 1.82) is 0 Å². The summed E-state index contributed by atoms with van der Waals surface area (Å²) in [7, 11) is -4.30. The number of hydrogen-bond donors (Lipinski definition) is 1. The summed E-state index contributed by atoms with van der Waals surface area (Å²) in [4.78, 5) is 23.5. The predicted octanol–water partition coefficient (Wildman–Crippen LogP) is 2.34. The third-order valence-electron chi connectivity index (χ3n) is 1.63. The average molecular weight is 252 g/mol. The van der Waals surface area contributed by atoms with Gasteiger partial charge in [-0.3, -0.25) is 9.41 Å². The molecule has 0 saturated heterocycles. The largest absolute Gasteiger partial charge is 0.508 e. The van der Waals surface area contributed by atoms with Crippen LogP contribution in [0.4, 0.5) is 0 Å². The van der Waals surface area contributed by atoms with Crippen molar-refractivity contribution in [2.75, 3.05) is 6.61 Å². The molecule has 0 bridgehead atoms. The van der Waals surface area contributed by atoms with E-state index >= 15 is 0 Å². The minimum Gasteiger partial charge on any atom is -0.300 e. The van der Waals surface area contributed by atoms with Gasteiger partial charge >= 0.3 is 13.8 Å². The first-order valence-corrected chi connectivity index (χ1v) is 6.51. The highest BCUT2D eigenvalue weighted by Gasteiger charge is 2.24. The molecule has 7 heteroatoms. The van der Waals surface area contributed by atoms with Gasteiger partial charge in [0.2, 0.25) is 0 Å². The van der Waals surface area contributed by atoms with E-state index in [1.165, 1.54) is 0 Å². The van der Waals surface area contributed by atoms with Crippen LogP contribution in [-0.4, -0.2) is 17.5 Å². The standard InChI is InChI=1S/C9H17O6P/c1-3-5-6-7-8-13-16(11,12)15-14-9(10)4-2/h4H,2-3,5-8H2,1H3,(H,11,12). The number of carbonyl (C=O) groups excluding carboxylic acids is 1. The second kappa shape index (κ2) is 8.47. The van der Waals surface area contributed by atoms with Crippen LogP contribution in [0.2, 0.25) is 0 Å². The molecule has 0 amide bonds. The van der Waals surface area contributed by atoms with Crippen LogP contribution in [0.3, 0.4) is 0 Å². The molecule has 0 aliphatic rings. The summed E-state index contributed by atoms with van der Waals surface area (Å²) in [5.74, 6) is -0.955. The quantitative estimate of drug-likeness (QED) is 0.223. The Morgan fingerprint density at radius 2 is 2.12 bits per heavy atom. The molecule has 0 heterocycles. The van der Waals surface area contributed by atoms with E-state index in [9.17, 15) is 9.36 Å². The number of unbranched alkanes of at least 4 members (excludes halogenated alkanes) is 3. The van der Waals surface area contributed by atoms with Crippen LogP contribution in [0.5, 0.6) is 0 Å². The Labute approximate surface area is 94.7 Å². The van der Waals surface area contributed by atoms with Crippen molar-refractivity contribution in [3.8, 4) is 0 Å². The Morgan fingerprint density at radius 3 is 2.69 bits per heavy atom. The summed E-state index contributed by atoms with van der Waals surface area (Å²) < 4.78 is 19.6. The van der Waals surface area contributed by atoms with Crippen LogP contribution in [0.25, 0.3) is 0 Å². The normalized spacial score (nSPS) is 14.1. The van der Waals surface area contributed by atoms with E-state index < -0.39 is 13.8 Å². The van der Waals surface area contributed by atoms with Crippen molar-refractivity contribution in [3.63, 3.8) is 0 Å². The smallest absolute Gasteiger partial charge is 0.300 e. The first-order valence-electron chi connectivity index (χ1n) is 5.02. The summed E-state index contributed by atoms with van der Waals surface area (Å²) in [5, 5.41) is 0. The Bertz CT molecular complexity index is 265. The van der Waals surface area contributed by atoms with Crippen LogP contribution in [0.1, 0.15) is 32.6 Å². The van der Waals surface area contributed by atoms with Crippen molar-refractivity contribution in [1.82, 2.24) is 0 Å². The topological polar surface area (TPSA) is 82.1 Å². The lowest BCUT2D eigenvalue weighted by atomic mass is 10.2. The second-order valence-corrected chi connectivity index (χ2v) is 4.39. The Morgan fingerprint density at radius 1 is 1.44 bits per heavy atom. The van der Waals surface area contributed by atoms with Crippen LogP contribution in [-0.2, 0) is 23.4 Å². The van der Waals surface area contributed by atoms with E-state index in [2.05, 4.69) is 27.6 Å². The molecular weight excluding hydrogens is 235 g/mol. The molecule has 0 aromatic heterocycles. The fourth-order valence-electron chi connectivity index (χ4n) is 0.848. The molecular formula is C9H17O6P. The molecule has 1 unspecified atom stereocenters. The molecule has 0 aromatic rings. The average Bonchev–Trinajstić information content (AvgIpc) is 2.25. The second-order valence-electron chi connectivity index (χ2n) is 3.04. The molecule has 1 atom stereocenters. The number of phosphoric acid groups is 1. The van der Waals surface area contributed by atoms with E-state index in [0.717, 1.165) is 25.3 Å². The molecule has 0 radical (unpaired) electrons. The van der Waals surface area contributed by atoms with Crippen molar-refractivity contribution in [3.05, 3.63) is 12.7 Å². The highest BCUT2D eigenvalue weighted by Crippen LogP contribution is 2.43. The van der Waals surface area contributed by atoms with Crippen LogP contribution < -0.4 is 0 Å². The SMILES string of the molecule is C=CC(=O)OOP(=O)(O)OCCCCCC. The number of hydrogen-bond acceptors (Lipinski definition) is 5. The van der Waals surface area contributed by atoms with E-state index in [0.29, 0.717) is 6.42 Å². The van der Waals surface area contributed by atoms with Gasteiger partial charge < -0.3 is 4.89 Å². The van der Waals surface area contributed by atoms with Crippen LogP contribution in [0.15, 0.2) is 12.7 Å². The fraction of sp³-hybridized carbons (Fsp3) is 0.667. The summed E-state index contributed by atoms with van der Waals surface area (Å²) in [5.41, 5.74) is 0. The van der Waals surface area contributed by atoms with Gasteiger partial charge in [-0.25, -0.2) is 9.36 Å². The molecule has 6 nitrogen and oxygen atoms in total. The zero-order chi connectivity index (χ0) is 12.4. The zero-order valence-corrected chi connectivity index (χ0v) is 10.2. The van der Waals surface area contributed by atoms with E-state index in [1.807, 2.05) is 0 Å². The lowest BCUT2D eigenvalue weighted by Gasteiger charge is -2.09. The third kappa shape index (κ3) is 8.61. The van der Waals surface area contributed by atoms with Gasteiger partial charge in [0.1, 0.15) is 0 Å². The van der Waals surface area contributed by atoms with E-state index in [-0.39, 0.29) is 6.61 Å². The molecule has 1 N–H and O–H groups in total. The summed E-state index contributed by atoms with van der Waals surface area (Å²) in [6, 6.07) is 0. The Kier molecular flexibility index (Phi) is 8.11. The highest BCUT2D eigenvalue weighted by atomic mass is 31.2. The fourth-order valence-corrected chi connectivity index (χ4v) is 1.42. The molecule has 0 aromatic carbocycles. The van der Waals surface area contributed by atoms with E-state index in [4.69, 9.17) is 4.89 Å². The minimum absolute atomic E-state index is 0.0828. The lowest BCUT2D eigenvalue weighted by Crippen LogP contribution is -2.03. The first-order chi connectivity index (χ1) is 7.52. The number of carbonyl (C=O) groups is 1. The van der Waals surface area contributed by atoms with Crippen molar-refractivity contribution < 1.29 is 28.3 Å². The van der Waals surface area contributed by atoms with Gasteiger partial charge in [-0.05, 0) is 6.42 Å². The van der Waals surface area contributed by atoms with Crippen LogP contribution in [0, 0.1) is 0 Å². The zero-order valence-electron chi connectivity index (χ0n) is 9.26. The van der Waals surface area contributed by atoms with Crippen molar-refractivity contribution in [2.24, 2.45) is 0 Å². The van der Waals surface area contributed by atoms with Gasteiger partial charge in [-0.2, -0.15) is 0 Å². The van der Waals surface area contributed by atoms with Gasteiger partial charge in [-0.1, -0.05) is 37.4 Å². The molecule has 0 rings (SSSR count). The molecule has 94 valence electrons. The molecule has 0 spiro atoms. The van der Waals surface area contributed by atoms with Crippen molar-refractivity contribution >= 4 is 13.8 Å². The Balaban J connectivity index is 3.66. The van der Waals surface area contributed by atoms with Gasteiger partial charge in [0.25, 0.3) is 0 Å². The molecule has 0 saturated carbocycles. The lowest BCUT2D eigenvalue weighted by molar-refractivity contribution is -0.217. The summed E-state index contributed by atoms with van der Waals surface area (Å²) >= 11 is 0. The first kappa shape index (κ1) is 15.3. The maximum Gasteiger partial charge on any atom is 0.508 e. The van der Waals surface area contributed by atoms with E-state index in [1.54, 1.807) is 0 Å². The van der Waals surface area contributed by atoms with Gasteiger partial charge in [0, 0.05) is 6.08 Å². The molecule has 0 aliphatic heterocycles. The molecule has 0 fully saturated rings. The molecule has 16 heavy (non-hydrogen) atoms. The third-order valence-corrected chi connectivity index (χ3v) is 2.40. The maximum atomic E-state index is 11.1. The maximum absolute atomic E-state index is 11.1.